The molecule has 0 saturated heterocycles. The number of hydrogen-bond donors (Lipinski definition) is 1. The van der Waals surface area contributed by atoms with E-state index in [0.29, 0.717) is 18.0 Å². The lowest BCUT2D eigenvalue weighted by Gasteiger charge is -2.17. The van der Waals surface area contributed by atoms with E-state index in [-0.39, 0.29) is 5.56 Å². The van der Waals surface area contributed by atoms with Crippen LogP contribution in [-0.2, 0) is 6.54 Å². The summed E-state index contributed by atoms with van der Waals surface area (Å²) in [5, 5.41) is 19.8. The average molecular weight is 276 g/mol. The Labute approximate surface area is 114 Å². The van der Waals surface area contributed by atoms with E-state index >= 15 is 0 Å². The topological polar surface area (TPSA) is 96.8 Å². The van der Waals surface area contributed by atoms with Crippen molar-refractivity contribution in [1.29, 1.82) is 0 Å². The van der Waals surface area contributed by atoms with Crippen LogP contribution in [0.4, 0.5) is 11.4 Å². The van der Waals surface area contributed by atoms with Crippen molar-refractivity contribution in [2.45, 2.75) is 6.54 Å². The Morgan fingerprint density at radius 1 is 1.45 bits per heavy atom. The quantitative estimate of drug-likeness (QED) is 0.665. The number of carboxylic acids is 1. The third-order valence-corrected chi connectivity index (χ3v) is 2.82. The maximum Gasteiger partial charge on any atom is 0.342 e. The van der Waals surface area contributed by atoms with Gasteiger partial charge in [-0.25, -0.2) is 4.79 Å². The van der Waals surface area contributed by atoms with Gasteiger partial charge in [0.05, 0.1) is 17.7 Å². The summed E-state index contributed by atoms with van der Waals surface area (Å²) in [7, 11) is 1.74. The van der Waals surface area contributed by atoms with Gasteiger partial charge in [-0.15, -0.1) is 0 Å². The van der Waals surface area contributed by atoms with Crippen molar-refractivity contribution in [3.8, 4) is 0 Å². The van der Waals surface area contributed by atoms with E-state index < -0.39 is 16.6 Å². The van der Waals surface area contributed by atoms with Crippen molar-refractivity contribution >= 4 is 17.3 Å². The van der Waals surface area contributed by atoms with E-state index in [2.05, 4.69) is 0 Å². The lowest BCUT2D eigenvalue weighted by atomic mass is 10.1. The molecule has 2 aromatic rings. The predicted octanol–water partition coefficient (Wildman–Crippen LogP) is 2.52. The Balaban J connectivity index is 2.31. The minimum absolute atomic E-state index is 0.329. The summed E-state index contributed by atoms with van der Waals surface area (Å²) in [5.74, 6) is -0.616. The van der Waals surface area contributed by atoms with Crippen LogP contribution in [0.5, 0.6) is 0 Å². The fraction of sp³-hybridized carbons (Fsp3) is 0.154. The zero-order valence-electron chi connectivity index (χ0n) is 10.6. The lowest BCUT2D eigenvalue weighted by molar-refractivity contribution is -0.385. The summed E-state index contributed by atoms with van der Waals surface area (Å²) < 4.78 is 5.20. The summed E-state index contributed by atoms with van der Waals surface area (Å²) in [6.45, 7) is 0.427. The van der Waals surface area contributed by atoms with E-state index in [9.17, 15) is 14.9 Å². The van der Waals surface area contributed by atoms with Crippen molar-refractivity contribution in [1.82, 2.24) is 0 Å². The highest BCUT2D eigenvalue weighted by Crippen LogP contribution is 2.26. The number of nitrogens with zero attached hydrogens (tertiary/aromatic N) is 2. The van der Waals surface area contributed by atoms with Gasteiger partial charge in [-0.3, -0.25) is 10.1 Å². The first-order chi connectivity index (χ1) is 9.49. The molecule has 0 saturated carbocycles. The van der Waals surface area contributed by atoms with Gasteiger partial charge < -0.3 is 14.4 Å². The number of anilines is 1. The number of aromatic carboxylic acids is 1. The highest BCUT2D eigenvalue weighted by molar-refractivity contribution is 5.93. The summed E-state index contributed by atoms with van der Waals surface area (Å²) in [6.07, 6.45) is 1.54. The van der Waals surface area contributed by atoms with E-state index in [1.165, 1.54) is 18.2 Å². The molecule has 0 fully saturated rings. The summed E-state index contributed by atoms with van der Waals surface area (Å²) >= 11 is 0. The van der Waals surface area contributed by atoms with Gasteiger partial charge in [0.2, 0.25) is 0 Å². The van der Waals surface area contributed by atoms with Crippen LogP contribution in [0.25, 0.3) is 0 Å². The molecule has 0 amide bonds. The van der Waals surface area contributed by atoms with Gasteiger partial charge in [0, 0.05) is 18.8 Å². The number of benzene rings is 1. The SMILES string of the molecule is CN(Cc1ccco1)c1ccc(C(=O)O)c([N+](=O)[O-])c1. The zero-order chi connectivity index (χ0) is 14.7. The number of nitro benzene ring substituents is 1. The molecule has 0 aliphatic heterocycles. The molecular weight excluding hydrogens is 264 g/mol. The van der Waals surface area contributed by atoms with Crippen molar-refractivity contribution in [2.24, 2.45) is 0 Å². The smallest absolute Gasteiger partial charge is 0.342 e. The molecule has 0 spiro atoms. The Morgan fingerprint density at radius 2 is 2.20 bits per heavy atom. The monoisotopic (exact) mass is 276 g/mol. The zero-order valence-corrected chi connectivity index (χ0v) is 10.6. The molecule has 7 heteroatoms. The summed E-state index contributed by atoms with van der Waals surface area (Å²) in [6, 6.07) is 7.54. The number of carbonyl (C=O) groups is 1. The first-order valence-electron chi connectivity index (χ1n) is 5.74. The third-order valence-electron chi connectivity index (χ3n) is 2.82. The van der Waals surface area contributed by atoms with Crippen LogP contribution in [-0.4, -0.2) is 23.0 Å². The number of rotatable bonds is 5. The van der Waals surface area contributed by atoms with E-state index in [4.69, 9.17) is 9.52 Å². The normalized spacial score (nSPS) is 10.2. The first-order valence-corrected chi connectivity index (χ1v) is 5.74. The first kappa shape index (κ1) is 13.6. The summed E-state index contributed by atoms with van der Waals surface area (Å²) in [4.78, 5) is 22.9. The van der Waals surface area contributed by atoms with Crippen LogP contribution in [0.1, 0.15) is 16.1 Å². The maximum atomic E-state index is 10.9. The minimum atomic E-state index is -1.32. The molecule has 104 valence electrons. The van der Waals surface area contributed by atoms with E-state index in [0.717, 1.165) is 0 Å². The van der Waals surface area contributed by atoms with Crippen molar-refractivity contribution in [2.75, 3.05) is 11.9 Å². The fourth-order valence-corrected chi connectivity index (χ4v) is 1.82. The molecule has 0 atom stereocenters. The molecule has 20 heavy (non-hydrogen) atoms. The molecule has 1 aromatic heterocycles. The molecule has 0 aliphatic carbocycles. The van der Waals surface area contributed by atoms with Gasteiger partial charge in [-0.1, -0.05) is 0 Å². The van der Waals surface area contributed by atoms with Crippen LogP contribution in [0.2, 0.25) is 0 Å². The molecule has 7 nitrogen and oxygen atoms in total. The molecule has 0 aliphatic rings. The fourth-order valence-electron chi connectivity index (χ4n) is 1.82. The molecule has 0 unspecified atom stereocenters. The lowest BCUT2D eigenvalue weighted by Crippen LogP contribution is -2.16. The van der Waals surface area contributed by atoms with Gasteiger partial charge in [0.1, 0.15) is 11.3 Å². The van der Waals surface area contributed by atoms with Crippen LogP contribution < -0.4 is 4.90 Å². The van der Waals surface area contributed by atoms with Crippen molar-refractivity contribution in [3.63, 3.8) is 0 Å². The van der Waals surface area contributed by atoms with Gasteiger partial charge in [-0.2, -0.15) is 0 Å². The molecule has 0 bridgehead atoms. The number of furan rings is 1. The van der Waals surface area contributed by atoms with E-state index in [1.807, 2.05) is 0 Å². The minimum Gasteiger partial charge on any atom is -0.477 e. The number of carboxylic acid groups (broad SMARTS) is 1. The molecule has 1 N–H and O–H groups in total. The van der Waals surface area contributed by atoms with Crippen LogP contribution in [0, 0.1) is 10.1 Å². The highest BCUT2D eigenvalue weighted by Gasteiger charge is 2.21. The Bertz CT molecular complexity index is 636. The Kier molecular flexibility index (Phi) is 3.69. The second kappa shape index (κ2) is 5.43. The van der Waals surface area contributed by atoms with Gasteiger partial charge >= 0.3 is 5.97 Å². The molecule has 1 heterocycles. The van der Waals surface area contributed by atoms with Crippen LogP contribution >= 0.6 is 0 Å². The molecule has 2 rings (SSSR count). The predicted molar refractivity (Wildman–Crippen MR) is 70.9 cm³/mol. The van der Waals surface area contributed by atoms with Crippen molar-refractivity contribution in [3.05, 3.63) is 58.0 Å². The average Bonchev–Trinajstić information content (AvgIpc) is 2.90. The Morgan fingerprint density at radius 3 is 2.75 bits per heavy atom. The maximum absolute atomic E-state index is 10.9. The second-order valence-corrected chi connectivity index (χ2v) is 4.20. The number of hydrogen-bond acceptors (Lipinski definition) is 5. The second-order valence-electron chi connectivity index (χ2n) is 4.20. The van der Waals surface area contributed by atoms with Crippen LogP contribution in [0.3, 0.4) is 0 Å². The molecular formula is C13H12N2O5. The standard InChI is InChI=1S/C13H12N2O5/c1-14(8-10-3-2-6-20-10)9-4-5-11(13(16)17)12(7-9)15(18)19/h2-7H,8H2,1H3,(H,16,17). The number of nitro groups is 1. The highest BCUT2D eigenvalue weighted by atomic mass is 16.6. The third kappa shape index (κ3) is 2.77. The molecule has 1 aromatic carbocycles. The van der Waals surface area contributed by atoms with Gasteiger partial charge in [-0.05, 0) is 24.3 Å². The Hall–Kier alpha value is -2.83. The largest absolute Gasteiger partial charge is 0.477 e. The van der Waals surface area contributed by atoms with Crippen molar-refractivity contribution < 1.29 is 19.2 Å². The van der Waals surface area contributed by atoms with Gasteiger partial charge in [0.15, 0.2) is 0 Å². The summed E-state index contributed by atoms with van der Waals surface area (Å²) in [5.41, 5.74) is -0.218. The molecule has 0 radical (unpaired) electrons. The van der Waals surface area contributed by atoms with Gasteiger partial charge in [0.25, 0.3) is 5.69 Å². The van der Waals surface area contributed by atoms with Crippen LogP contribution in [0.15, 0.2) is 41.0 Å². The van der Waals surface area contributed by atoms with E-state index in [1.54, 1.807) is 30.3 Å².